The lowest BCUT2D eigenvalue weighted by Crippen LogP contribution is -2.53. The Morgan fingerprint density at radius 1 is 1.07 bits per heavy atom. The molecule has 0 amide bonds. The molecule has 0 bridgehead atoms. The fourth-order valence-corrected chi connectivity index (χ4v) is 9.80. The molecule has 1 aromatic rings. The van der Waals surface area contributed by atoms with E-state index in [1.807, 2.05) is 6.07 Å². The van der Waals surface area contributed by atoms with E-state index in [-0.39, 0.29) is 35.9 Å². The van der Waals surface area contributed by atoms with E-state index < -0.39 is 11.5 Å². The summed E-state index contributed by atoms with van der Waals surface area (Å²) >= 11 is 0. The van der Waals surface area contributed by atoms with Crippen LogP contribution in [0.15, 0.2) is 12.1 Å². The summed E-state index contributed by atoms with van der Waals surface area (Å²) in [6.45, 7) is 1.04. The molecule has 240 valence electrons. The van der Waals surface area contributed by atoms with E-state index in [0.29, 0.717) is 73.9 Å². The monoisotopic (exact) mass is 605 g/mol. The van der Waals surface area contributed by atoms with Crippen LogP contribution in [0.2, 0.25) is 0 Å². The molecule has 5 aliphatic rings. The van der Waals surface area contributed by atoms with Gasteiger partial charge in [-0.25, -0.2) is 0 Å². The third-order valence-electron chi connectivity index (χ3n) is 12.3. The molecule has 4 fully saturated rings. The van der Waals surface area contributed by atoms with Gasteiger partial charge in [0, 0.05) is 37.8 Å². The van der Waals surface area contributed by atoms with Crippen LogP contribution in [-0.4, -0.2) is 59.3 Å². The number of phenolic OH excluding ortho intramolecular Hbond substituents is 1. The Balaban J connectivity index is 1.20. The number of ketones is 2. The molecule has 1 heterocycles. The number of aliphatic hydroxyl groups is 2. The van der Waals surface area contributed by atoms with Gasteiger partial charge in [0.25, 0.3) is 0 Å². The Morgan fingerprint density at radius 3 is 2.64 bits per heavy atom. The number of carbonyl (C=O) groups excluding carboxylic acids is 2. The second-order valence-corrected chi connectivity index (χ2v) is 14.7. The van der Waals surface area contributed by atoms with Gasteiger partial charge < -0.3 is 25.4 Å². The van der Waals surface area contributed by atoms with Crippen molar-refractivity contribution >= 4 is 11.6 Å². The summed E-state index contributed by atoms with van der Waals surface area (Å²) in [6.07, 6.45) is 13.0. The van der Waals surface area contributed by atoms with Gasteiger partial charge in [-0.05, 0) is 124 Å². The van der Waals surface area contributed by atoms with Crippen LogP contribution in [0.5, 0.6) is 11.5 Å². The molecule has 1 aliphatic heterocycles. The number of aliphatic hydroxyl groups excluding tert-OH is 2. The van der Waals surface area contributed by atoms with Crippen LogP contribution < -0.4 is 10.1 Å². The molecule has 6 rings (SSSR count). The first-order valence-electron chi connectivity index (χ1n) is 17.3. The number of ether oxygens (including phenoxy) is 1. The summed E-state index contributed by atoms with van der Waals surface area (Å²) in [4.78, 5) is 26.0. The van der Waals surface area contributed by atoms with Gasteiger partial charge in [0.2, 0.25) is 0 Å². The molecule has 7 unspecified atom stereocenters. The number of methoxy groups -OCH3 is 1. The molecule has 0 aromatic heterocycles. The number of benzene rings is 1. The van der Waals surface area contributed by atoms with Gasteiger partial charge in [-0.1, -0.05) is 24.7 Å². The number of piperidine rings is 1. The molecular weight excluding hydrogens is 554 g/mol. The van der Waals surface area contributed by atoms with Crippen LogP contribution in [0.25, 0.3) is 0 Å². The van der Waals surface area contributed by atoms with Crippen molar-refractivity contribution in [2.75, 3.05) is 20.3 Å². The first kappa shape index (κ1) is 31.6. The average Bonchev–Trinajstić information content (AvgIpc) is 3.51. The SMILES string of the molecule is COc1cc2c(cc1O)C(CCCO)C#CC1(CCC(CC3(C4CNC5CC(=O)CCC5C4)CCCC3)CC1O)C(=O)CC2. The topological polar surface area (TPSA) is 116 Å². The van der Waals surface area contributed by atoms with E-state index in [1.54, 1.807) is 6.07 Å². The smallest absolute Gasteiger partial charge is 0.160 e. The van der Waals surface area contributed by atoms with E-state index in [9.17, 15) is 24.9 Å². The van der Waals surface area contributed by atoms with Crippen molar-refractivity contribution < 1.29 is 29.6 Å². The zero-order chi connectivity index (χ0) is 30.9. The number of hydrogen-bond donors (Lipinski definition) is 4. The molecule has 4 N–H and O–H groups in total. The number of rotatable bonds is 7. The van der Waals surface area contributed by atoms with Crippen molar-refractivity contribution in [3.05, 3.63) is 23.3 Å². The number of carbonyl (C=O) groups is 2. The van der Waals surface area contributed by atoms with E-state index in [0.717, 1.165) is 43.4 Å². The van der Waals surface area contributed by atoms with E-state index in [2.05, 4.69) is 17.2 Å². The molecule has 1 spiro atoms. The van der Waals surface area contributed by atoms with Crippen LogP contribution in [-0.2, 0) is 16.0 Å². The predicted octanol–water partition coefficient (Wildman–Crippen LogP) is 5.22. The second kappa shape index (κ2) is 13.1. The third kappa shape index (κ3) is 6.07. The summed E-state index contributed by atoms with van der Waals surface area (Å²) < 4.78 is 5.36. The maximum Gasteiger partial charge on any atom is 0.160 e. The molecule has 44 heavy (non-hydrogen) atoms. The highest BCUT2D eigenvalue weighted by Gasteiger charge is 2.51. The molecule has 0 radical (unpaired) electrons. The molecule has 3 saturated carbocycles. The minimum atomic E-state index is -1.07. The average molecular weight is 606 g/mol. The fraction of sp³-hybridized carbons (Fsp3) is 0.730. The second-order valence-electron chi connectivity index (χ2n) is 14.7. The minimum Gasteiger partial charge on any atom is -0.504 e. The van der Waals surface area contributed by atoms with Crippen molar-refractivity contribution in [3.8, 4) is 23.3 Å². The summed E-state index contributed by atoms with van der Waals surface area (Å²) in [5.74, 6) is 8.92. The minimum absolute atomic E-state index is 0.0155. The molecule has 7 heteroatoms. The number of aryl methyl sites for hydroxylation is 1. The van der Waals surface area contributed by atoms with E-state index >= 15 is 0 Å². The van der Waals surface area contributed by atoms with Crippen molar-refractivity contribution in [1.82, 2.24) is 5.32 Å². The zero-order valence-electron chi connectivity index (χ0n) is 26.4. The Hall–Kier alpha value is -2.40. The molecular formula is C37H51NO6. The van der Waals surface area contributed by atoms with Crippen molar-refractivity contribution in [3.63, 3.8) is 0 Å². The first-order chi connectivity index (χ1) is 21.3. The highest BCUT2D eigenvalue weighted by molar-refractivity contribution is 5.89. The number of fused-ring (bicyclic) bond motifs is 2. The molecule has 7 nitrogen and oxygen atoms in total. The van der Waals surface area contributed by atoms with Gasteiger partial charge in [0.05, 0.1) is 13.2 Å². The Morgan fingerprint density at radius 2 is 1.89 bits per heavy atom. The molecule has 4 aliphatic carbocycles. The van der Waals surface area contributed by atoms with Crippen LogP contribution in [0, 0.1) is 40.4 Å². The van der Waals surface area contributed by atoms with Crippen molar-refractivity contribution in [1.29, 1.82) is 0 Å². The van der Waals surface area contributed by atoms with Crippen LogP contribution in [0.3, 0.4) is 0 Å². The van der Waals surface area contributed by atoms with Crippen LogP contribution in [0.4, 0.5) is 0 Å². The van der Waals surface area contributed by atoms with Gasteiger partial charge in [0.1, 0.15) is 11.2 Å². The predicted molar refractivity (Wildman–Crippen MR) is 168 cm³/mol. The maximum absolute atomic E-state index is 14.0. The fourth-order valence-electron chi connectivity index (χ4n) is 9.80. The van der Waals surface area contributed by atoms with Gasteiger partial charge in [0.15, 0.2) is 17.3 Å². The van der Waals surface area contributed by atoms with E-state index in [4.69, 9.17) is 4.74 Å². The normalized spacial score (nSPS) is 35.1. The quantitative estimate of drug-likeness (QED) is 0.315. The van der Waals surface area contributed by atoms with Crippen molar-refractivity contribution in [2.45, 2.75) is 121 Å². The number of Topliss-reactive ketones (excluding diaryl/α,β-unsaturated/α-hetero) is 2. The number of aromatic hydroxyl groups is 1. The maximum atomic E-state index is 14.0. The Kier molecular flexibility index (Phi) is 9.43. The summed E-state index contributed by atoms with van der Waals surface area (Å²) in [5.41, 5.74) is 1.02. The Bertz CT molecular complexity index is 1290. The summed E-state index contributed by atoms with van der Waals surface area (Å²) in [5, 5.41) is 35.8. The lowest BCUT2D eigenvalue weighted by atomic mass is 9.58. The Labute approximate surface area is 262 Å². The standard InChI is InChI=1S/C37H51NO6/c1-44-33-19-26-7-9-34(42)37(15-11-25(5-4-16-39)30(26)21-32(33)41)14-10-24(17-35(37)43)22-36(12-2-3-13-36)28-18-27-6-8-29(40)20-31(27)38-23-28/h19,21,24-25,27-28,31,35,38-39,41,43H,2-10,12-14,16-18,20,22-23H2,1H3. The van der Waals surface area contributed by atoms with Crippen LogP contribution in [0.1, 0.15) is 113 Å². The lowest BCUT2D eigenvalue weighted by molar-refractivity contribution is -0.135. The number of hydrogen-bond acceptors (Lipinski definition) is 7. The summed E-state index contributed by atoms with van der Waals surface area (Å²) in [7, 11) is 1.52. The largest absolute Gasteiger partial charge is 0.504 e. The van der Waals surface area contributed by atoms with Gasteiger partial charge >= 0.3 is 0 Å². The van der Waals surface area contributed by atoms with Crippen LogP contribution >= 0.6 is 0 Å². The van der Waals surface area contributed by atoms with Gasteiger partial charge in [-0.3, -0.25) is 9.59 Å². The van der Waals surface area contributed by atoms with Gasteiger partial charge in [-0.2, -0.15) is 0 Å². The van der Waals surface area contributed by atoms with Gasteiger partial charge in [-0.15, -0.1) is 0 Å². The number of nitrogens with one attached hydrogen (secondary N) is 1. The third-order valence-corrected chi connectivity index (χ3v) is 12.3. The lowest BCUT2D eigenvalue weighted by Gasteiger charge is -2.49. The highest BCUT2D eigenvalue weighted by atomic mass is 16.5. The highest BCUT2D eigenvalue weighted by Crippen LogP contribution is 2.55. The molecule has 1 saturated heterocycles. The van der Waals surface area contributed by atoms with Crippen molar-refractivity contribution in [2.24, 2.45) is 28.6 Å². The number of phenols is 1. The summed E-state index contributed by atoms with van der Waals surface area (Å²) in [6, 6.07) is 3.87. The molecule has 7 atom stereocenters. The molecule has 1 aromatic carbocycles. The first-order valence-corrected chi connectivity index (χ1v) is 17.3. The van der Waals surface area contributed by atoms with E-state index in [1.165, 1.54) is 39.2 Å². The zero-order valence-corrected chi connectivity index (χ0v) is 26.4.